The van der Waals surface area contributed by atoms with Crippen LogP contribution in [0.15, 0.2) is 18.5 Å². The number of fused-ring (bicyclic) bond motifs is 1. The Morgan fingerprint density at radius 3 is 2.93 bits per heavy atom. The Morgan fingerprint density at radius 2 is 2.15 bits per heavy atom. The first-order valence-electron chi connectivity index (χ1n) is 8.65. The second-order valence-corrected chi connectivity index (χ2v) is 6.37. The molecule has 0 saturated carbocycles. The fourth-order valence-corrected chi connectivity index (χ4v) is 3.23. The quantitative estimate of drug-likeness (QED) is 0.679. The first-order chi connectivity index (χ1) is 13.1. The van der Waals surface area contributed by atoms with Crippen molar-refractivity contribution in [2.24, 2.45) is 5.92 Å². The Bertz CT molecular complexity index is 907. The third kappa shape index (κ3) is 3.82. The van der Waals surface area contributed by atoms with Gasteiger partial charge in [-0.15, -0.1) is 5.10 Å². The van der Waals surface area contributed by atoms with Crippen LogP contribution in [0.3, 0.4) is 0 Å². The van der Waals surface area contributed by atoms with E-state index < -0.39 is 6.61 Å². The lowest BCUT2D eigenvalue weighted by atomic mass is 9.93. The average molecular weight is 379 g/mol. The summed E-state index contributed by atoms with van der Waals surface area (Å²) < 4.78 is 36.0. The van der Waals surface area contributed by atoms with Crippen LogP contribution in [0.1, 0.15) is 25.8 Å². The molecule has 4 heterocycles. The molecule has 3 aromatic heterocycles. The van der Waals surface area contributed by atoms with Crippen molar-refractivity contribution in [3.05, 3.63) is 18.5 Å². The molecular formula is C16H19F2N7O2. The predicted octanol–water partition coefficient (Wildman–Crippen LogP) is 2.88. The molecule has 0 aromatic carbocycles. The van der Waals surface area contributed by atoms with Crippen LogP contribution >= 0.6 is 0 Å². The number of aromatic amines is 1. The number of H-pyrrole nitrogens is 1. The summed E-state index contributed by atoms with van der Waals surface area (Å²) in [7, 11) is 0. The number of ether oxygens (including phenoxy) is 2. The zero-order chi connectivity index (χ0) is 18.8. The number of hydrogen-bond donors (Lipinski definition) is 2. The van der Waals surface area contributed by atoms with Crippen LogP contribution in [-0.2, 0) is 4.74 Å². The molecule has 1 atom stereocenters. The maximum atomic E-state index is 12.2. The van der Waals surface area contributed by atoms with E-state index in [1.165, 1.54) is 6.07 Å². The van der Waals surface area contributed by atoms with Crippen molar-refractivity contribution < 1.29 is 18.3 Å². The minimum Gasteiger partial charge on any atom is -0.415 e. The molecule has 2 N–H and O–H groups in total. The number of rotatable bonds is 6. The van der Waals surface area contributed by atoms with Crippen LogP contribution in [0.2, 0.25) is 0 Å². The molecule has 4 rings (SSSR count). The van der Waals surface area contributed by atoms with Crippen LogP contribution in [0.25, 0.3) is 11.2 Å². The molecule has 144 valence electrons. The minimum absolute atomic E-state index is 0.161. The molecule has 1 aliphatic rings. The fourth-order valence-electron chi connectivity index (χ4n) is 3.23. The highest BCUT2D eigenvalue weighted by atomic mass is 19.3. The van der Waals surface area contributed by atoms with Crippen molar-refractivity contribution in [2.75, 3.05) is 18.5 Å². The van der Waals surface area contributed by atoms with Gasteiger partial charge in [-0.3, -0.25) is 5.10 Å². The molecule has 27 heavy (non-hydrogen) atoms. The number of nitrogens with zero attached hydrogens (tertiary/aromatic N) is 5. The molecule has 0 amide bonds. The van der Waals surface area contributed by atoms with E-state index in [1.807, 2.05) is 4.68 Å². The lowest BCUT2D eigenvalue weighted by molar-refractivity contribution is -0.0528. The summed E-state index contributed by atoms with van der Waals surface area (Å²) >= 11 is 0. The van der Waals surface area contributed by atoms with Gasteiger partial charge in [-0.25, -0.2) is 14.6 Å². The van der Waals surface area contributed by atoms with Crippen LogP contribution in [0, 0.1) is 5.92 Å². The first kappa shape index (κ1) is 17.6. The summed E-state index contributed by atoms with van der Waals surface area (Å²) in [6, 6.07) is 1.48. The highest BCUT2D eigenvalue weighted by molar-refractivity contribution is 5.72. The van der Waals surface area contributed by atoms with Crippen molar-refractivity contribution in [2.45, 2.75) is 32.4 Å². The van der Waals surface area contributed by atoms with E-state index in [-0.39, 0.29) is 11.9 Å². The SMILES string of the molecule is C[C@@H](C1CCOCC1)n1ncc2ncc(Nc3cc(OC(F)F)n[nH]3)nc21. The van der Waals surface area contributed by atoms with Crippen LogP contribution in [0.5, 0.6) is 5.88 Å². The van der Waals surface area contributed by atoms with Gasteiger partial charge in [0.15, 0.2) is 11.5 Å². The number of hydrogen-bond acceptors (Lipinski definition) is 7. The zero-order valence-corrected chi connectivity index (χ0v) is 14.6. The number of alkyl halides is 2. The lowest BCUT2D eigenvalue weighted by Gasteiger charge is -2.28. The smallest absolute Gasteiger partial charge is 0.388 e. The van der Waals surface area contributed by atoms with Crippen molar-refractivity contribution in [3.8, 4) is 5.88 Å². The van der Waals surface area contributed by atoms with Gasteiger partial charge in [-0.1, -0.05) is 0 Å². The van der Waals surface area contributed by atoms with Gasteiger partial charge in [0.2, 0.25) is 5.88 Å². The third-order valence-corrected chi connectivity index (χ3v) is 4.66. The average Bonchev–Trinajstić information content (AvgIpc) is 3.28. The van der Waals surface area contributed by atoms with Gasteiger partial charge in [0.25, 0.3) is 0 Å². The summed E-state index contributed by atoms with van der Waals surface area (Å²) in [5, 5.41) is 13.6. The number of nitrogens with one attached hydrogen (secondary N) is 2. The highest BCUT2D eigenvalue weighted by Gasteiger charge is 2.24. The summed E-state index contributed by atoms with van der Waals surface area (Å²) in [6.45, 7) is 0.705. The lowest BCUT2D eigenvalue weighted by Crippen LogP contribution is -2.24. The summed E-state index contributed by atoms with van der Waals surface area (Å²) in [4.78, 5) is 8.94. The van der Waals surface area contributed by atoms with Crippen LogP contribution in [0.4, 0.5) is 20.4 Å². The van der Waals surface area contributed by atoms with E-state index in [1.54, 1.807) is 12.4 Å². The van der Waals surface area contributed by atoms with Gasteiger partial charge in [0.1, 0.15) is 11.3 Å². The molecule has 1 saturated heterocycles. The molecule has 0 radical (unpaired) electrons. The van der Waals surface area contributed by atoms with Crippen molar-refractivity contribution >= 4 is 22.8 Å². The molecule has 3 aromatic rings. The van der Waals surface area contributed by atoms with Gasteiger partial charge < -0.3 is 14.8 Å². The van der Waals surface area contributed by atoms with E-state index in [0.29, 0.717) is 28.7 Å². The summed E-state index contributed by atoms with van der Waals surface area (Å²) in [5.41, 5.74) is 1.34. The van der Waals surface area contributed by atoms with Crippen LogP contribution in [-0.4, -0.2) is 49.8 Å². The second-order valence-electron chi connectivity index (χ2n) is 6.37. The van der Waals surface area contributed by atoms with E-state index in [9.17, 15) is 8.78 Å². The maximum Gasteiger partial charge on any atom is 0.388 e. The molecule has 0 spiro atoms. The monoisotopic (exact) mass is 379 g/mol. The molecule has 1 fully saturated rings. The number of halogens is 2. The Hall–Kier alpha value is -2.82. The van der Waals surface area contributed by atoms with Crippen molar-refractivity contribution in [3.63, 3.8) is 0 Å². The third-order valence-electron chi connectivity index (χ3n) is 4.66. The fraction of sp³-hybridized carbons (Fsp3) is 0.500. The van der Waals surface area contributed by atoms with E-state index in [4.69, 9.17) is 4.74 Å². The Morgan fingerprint density at radius 1 is 1.33 bits per heavy atom. The largest absolute Gasteiger partial charge is 0.415 e. The Balaban J connectivity index is 1.55. The van der Waals surface area contributed by atoms with Gasteiger partial charge >= 0.3 is 6.61 Å². The zero-order valence-electron chi connectivity index (χ0n) is 14.6. The molecule has 9 nitrogen and oxygen atoms in total. The van der Waals surface area contributed by atoms with Gasteiger partial charge in [0, 0.05) is 19.3 Å². The Kier molecular flexibility index (Phi) is 4.84. The number of aromatic nitrogens is 6. The molecular weight excluding hydrogens is 360 g/mol. The summed E-state index contributed by atoms with van der Waals surface area (Å²) in [5.74, 6) is 1.06. The second kappa shape index (κ2) is 7.43. The molecule has 0 bridgehead atoms. The maximum absolute atomic E-state index is 12.2. The Labute approximate surface area is 153 Å². The van der Waals surface area contributed by atoms with Crippen molar-refractivity contribution in [1.82, 2.24) is 29.9 Å². The normalized spacial score (nSPS) is 16.7. The van der Waals surface area contributed by atoms with Gasteiger partial charge in [0.05, 0.1) is 18.4 Å². The van der Waals surface area contributed by atoms with E-state index >= 15 is 0 Å². The standard InChI is InChI=1S/C16H19F2N7O2/c1-9(10-2-4-26-5-3-10)25-15-11(7-20-25)19-8-13(22-15)21-12-6-14(24-23-12)27-16(17)18/h6-10,16H,2-5H2,1H3,(H2,21,22,23,24)/t9-/m0/s1. The molecule has 11 heteroatoms. The van der Waals surface area contributed by atoms with E-state index in [0.717, 1.165) is 26.1 Å². The van der Waals surface area contributed by atoms with Crippen molar-refractivity contribution in [1.29, 1.82) is 0 Å². The molecule has 0 unspecified atom stereocenters. The van der Waals surface area contributed by atoms with Gasteiger partial charge in [-0.2, -0.15) is 13.9 Å². The van der Waals surface area contributed by atoms with Gasteiger partial charge in [-0.05, 0) is 25.7 Å². The first-order valence-corrected chi connectivity index (χ1v) is 8.65. The van der Waals surface area contributed by atoms with Crippen LogP contribution < -0.4 is 10.1 Å². The van der Waals surface area contributed by atoms with E-state index in [2.05, 4.69) is 42.2 Å². The summed E-state index contributed by atoms with van der Waals surface area (Å²) in [6.07, 6.45) is 5.19. The minimum atomic E-state index is -2.93. The topological polar surface area (TPSA) is 103 Å². The number of anilines is 2. The highest BCUT2D eigenvalue weighted by Crippen LogP contribution is 2.29. The molecule has 0 aliphatic carbocycles. The predicted molar refractivity (Wildman–Crippen MR) is 92.1 cm³/mol. The molecule has 1 aliphatic heterocycles.